The predicted octanol–water partition coefficient (Wildman–Crippen LogP) is 0.167. The first kappa shape index (κ1) is 14.3. The molecule has 9 heteroatoms. The second-order valence-corrected chi connectivity index (χ2v) is 4.21. The van der Waals surface area contributed by atoms with Crippen molar-refractivity contribution in [2.45, 2.75) is 12.0 Å². The Morgan fingerprint density at radius 2 is 2.15 bits per heavy atom. The van der Waals surface area contributed by atoms with E-state index in [1.807, 2.05) is 0 Å². The predicted molar refractivity (Wildman–Crippen MR) is 62.8 cm³/mol. The molecule has 2 heterocycles. The van der Waals surface area contributed by atoms with Gasteiger partial charge >= 0.3 is 0 Å². The number of hydrogen-bond acceptors (Lipinski definition) is 5. The van der Waals surface area contributed by atoms with Crippen molar-refractivity contribution < 1.29 is 22.7 Å². The molecule has 1 aliphatic heterocycles. The molecule has 1 aliphatic rings. The van der Waals surface area contributed by atoms with Crippen LogP contribution in [0.25, 0.3) is 0 Å². The molecule has 0 saturated heterocycles. The van der Waals surface area contributed by atoms with Gasteiger partial charge in [0.25, 0.3) is 12.3 Å². The molecular formula is C11H11F3N4O2. The SMILES string of the molecule is NC(=O)c1ccc(F)c([C@@]2(C(F)F)COCC(N)=N2)n1. The molecule has 0 aliphatic carbocycles. The number of pyridine rings is 1. The number of nitrogens with zero attached hydrogens (tertiary/aromatic N) is 2. The van der Waals surface area contributed by atoms with E-state index in [2.05, 4.69) is 9.98 Å². The van der Waals surface area contributed by atoms with E-state index in [0.717, 1.165) is 12.1 Å². The summed E-state index contributed by atoms with van der Waals surface area (Å²) < 4.78 is 45.5. The first-order valence-electron chi connectivity index (χ1n) is 5.54. The van der Waals surface area contributed by atoms with Crippen LogP contribution in [-0.4, -0.2) is 36.4 Å². The molecule has 1 atom stereocenters. The fraction of sp³-hybridized carbons (Fsp3) is 0.364. The lowest BCUT2D eigenvalue weighted by Gasteiger charge is -2.32. The summed E-state index contributed by atoms with van der Waals surface area (Å²) in [4.78, 5) is 18.2. The lowest BCUT2D eigenvalue weighted by Crippen LogP contribution is -2.46. The van der Waals surface area contributed by atoms with E-state index in [0.29, 0.717) is 0 Å². The highest BCUT2D eigenvalue weighted by atomic mass is 19.3. The van der Waals surface area contributed by atoms with Gasteiger partial charge in [0.2, 0.25) is 0 Å². The Bertz CT molecular complexity index is 579. The number of primary amides is 1. The van der Waals surface area contributed by atoms with Crippen molar-refractivity contribution in [3.63, 3.8) is 0 Å². The van der Waals surface area contributed by atoms with E-state index >= 15 is 0 Å². The summed E-state index contributed by atoms with van der Waals surface area (Å²) in [5, 5.41) is 0. The minimum Gasteiger partial charge on any atom is -0.385 e. The van der Waals surface area contributed by atoms with Crippen molar-refractivity contribution >= 4 is 11.7 Å². The molecular weight excluding hydrogens is 277 g/mol. The molecule has 0 fully saturated rings. The molecule has 1 amide bonds. The summed E-state index contributed by atoms with van der Waals surface area (Å²) in [5.41, 5.74) is 6.95. The van der Waals surface area contributed by atoms with Gasteiger partial charge in [-0.15, -0.1) is 0 Å². The third kappa shape index (κ3) is 2.31. The molecule has 0 unspecified atom stereocenters. The van der Waals surface area contributed by atoms with E-state index in [-0.39, 0.29) is 18.1 Å². The van der Waals surface area contributed by atoms with Gasteiger partial charge in [0.1, 0.15) is 29.6 Å². The van der Waals surface area contributed by atoms with Crippen molar-refractivity contribution in [1.82, 2.24) is 4.98 Å². The maximum atomic E-state index is 13.8. The van der Waals surface area contributed by atoms with Crippen LogP contribution >= 0.6 is 0 Å². The summed E-state index contributed by atoms with van der Waals surface area (Å²) >= 11 is 0. The largest absolute Gasteiger partial charge is 0.385 e. The molecule has 0 spiro atoms. The average molecular weight is 288 g/mol. The van der Waals surface area contributed by atoms with E-state index in [1.54, 1.807) is 0 Å². The van der Waals surface area contributed by atoms with Crippen molar-refractivity contribution in [3.8, 4) is 0 Å². The van der Waals surface area contributed by atoms with Crippen LogP contribution in [0.15, 0.2) is 17.1 Å². The number of amidine groups is 1. The van der Waals surface area contributed by atoms with Gasteiger partial charge in [-0.05, 0) is 12.1 Å². The number of ether oxygens (including phenoxy) is 1. The van der Waals surface area contributed by atoms with Gasteiger partial charge in [0, 0.05) is 0 Å². The molecule has 1 aromatic heterocycles. The van der Waals surface area contributed by atoms with Gasteiger partial charge in [-0.25, -0.2) is 23.1 Å². The van der Waals surface area contributed by atoms with Crippen molar-refractivity contribution in [2.24, 2.45) is 16.5 Å². The lowest BCUT2D eigenvalue weighted by molar-refractivity contribution is -0.0169. The highest BCUT2D eigenvalue weighted by Gasteiger charge is 2.47. The number of aromatic nitrogens is 1. The maximum Gasteiger partial charge on any atom is 0.271 e. The Balaban J connectivity index is 2.64. The molecule has 0 bridgehead atoms. The zero-order chi connectivity index (χ0) is 14.9. The number of halogens is 3. The van der Waals surface area contributed by atoms with Gasteiger partial charge < -0.3 is 16.2 Å². The molecule has 2 rings (SSSR count). The van der Waals surface area contributed by atoms with E-state index < -0.39 is 36.0 Å². The zero-order valence-corrected chi connectivity index (χ0v) is 10.1. The fourth-order valence-electron chi connectivity index (χ4n) is 1.85. The number of alkyl halides is 2. The molecule has 108 valence electrons. The topological polar surface area (TPSA) is 104 Å². The standard InChI is InChI=1S/C11H11F3N4O2/c12-5-1-2-6(9(16)19)17-8(5)11(10(13)14)4-20-3-7(15)18-11/h1-2,10H,3-4H2,(H2,15,18)(H2,16,19)/t11-/m1/s1. The average Bonchev–Trinajstić information content (AvgIpc) is 2.38. The minimum atomic E-state index is -3.12. The van der Waals surface area contributed by atoms with Gasteiger partial charge in [0.15, 0.2) is 5.54 Å². The van der Waals surface area contributed by atoms with Crippen molar-refractivity contribution in [3.05, 3.63) is 29.3 Å². The maximum absolute atomic E-state index is 13.8. The number of carbonyl (C=O) groups excluding carboxylic acids is 1. The Morgan fingerprint density at radius 1 is 1.45 bits per heavy atom. The Hall–Kier alpha value is -2.16. The highest BCUT2D eigenvalue weighted by molar-refractivity contribution is 5.90. The Labute approximate surface area is 111 Å². The number of rotatable bonds is 3. The van der Waals surface area contributed by atoms with E-state index in [4.69, 9.17) is 16.2 Å². The summed E-state index contributed by atoms with van der Waals surface area (Å²) in [5.74, 6) is -2.22. The smallest absolute Gasteiger partial charge is 0.271 e. The number of hydrogen-bond donors (Lipinski definition) is 2. The van der Waals surface area contributed by atoms with E-state index in [1.165, 1.54) is 0 Å². The molecule has 6 nitrogen and oxygen atoms in total. The zero-order valence-electron chi connectivity index (χ0n) is 10.1. The van der Waals surface area contributed by atoms with Crippen molar-refractivity contribution in [1.29, 1.82) is 0 Å². The highest BCUT2D eigenvalue weighted by Crippen LogP contribution is 2.35. The first-order chi connectivity index (χ1) is 9.36. The van der Waals surface area contributed by atoms with Crippen LogP contribution in [0.3, 0.4) is 0 Å². The Morgan fingerprint density at radius 3 is 2.70 bits per heavy atom. The number of nitrogens with two attached hydrogens (primary N) is 2. The monoisotopic (exact) mass is 288 g/mol. The second kappa shape index (κ2) is 5.08. The summed E-state index contributed by atoms with van der Waals surface area (Å²) in [6.45, 7) is -0.733. The van der Waals surface area contributed by atoms with Crippen LogP contribution in [0, 0.1) is 5.82 Å². The third-order valence-corrected chi connectivity index (χ3v) is 2.78. The molecule has 4 N–H and O–H groups in total. The van der Waals surface area contributed by atoms with Crippen LogP contribution in [0.2, 0.25) is 0 Å². The summed E-state index contributed by atoms with van der Waals surface area (Å²) in [6, 6.07) is 1.82. The summed E-state index contributed by atoms with van der Waals surface area (Å²) in [7, 11) is 0. The molecule has 0 radical (unpaired) electrons. The van der Waals surface area contributed by atoms with Gasteiger partial charge in [0.05, 0.1) is 6.61 Å². The van der Waals surface area contributed by atoms with Crippen molar-refractivity contribution in [2.75, 3.05) is 13.2 Å². The lowest BCUT2D eigenvalue weighted by atomic mass is 9.95. The van der Waals surface area contributed by atoms with Gasteiger partial charge in [-0.1, -0.05) is 0 Å². The molecule has 1 aromatic rings. The van der Waals surface area contributed by atoms with Crippen LogP contribution in [0.5, 0.6) is 0 Å². The second-order valence-electron chi connectivity index (χ2n) is 4.21. The summed E-state index contributed by atoms with van der Waals surface area (Å²) in [6.07, 6.45) is -3.12. The number of amides is 1. The normalized spacial score (nSPS) is 22.7. The van der Waals surface area contributed by atoms with Crippen LogP contribution in [0.4, 0.5) is 13.2 Å². The molecule has 20 heavy (non-hydrogen) atoms. The van der Waals surface area contributed by atoms with Crippen LogP contribution in [-0.2, 0) is 10.3 Å². The number of aliphatic imine (C=N–C) groups is 1. The molecule has 0 aromatic carbocycles. The van der Waals surface area contributed by atoms with E-state index in [9.17, 15) is 18.0 Å². The van der Waals surface area contributed by atoms with Gasteiger partial charge in [-0.2, -0.15) is 0 Å². The minimum absolute atomic E-state index is 0.133. The van der Waals surface area contributed by atoms with Crippen LogP contribution in [0.1, 0.15) is 16.2 Å². The fourth-order valence-corrected chi connectivity index (χ4v) is 1.85. The molecule has 0 saturated carbocycles. The first-order valence-corrected chi connectivity index (χ1v) is 5.54. The quantitative estimate of drug-likeness (QED) is 0.827. The van der Waals surface area contributed by atoms with Crippen LogP contribution < -0.4 is 11.5 Å². The third-order valence-electron chi connectivity index (χ3n) is 2.78. The van der Waals surface area contributed by atoms with Gasteiger partial charge in [-0.3, -0.25) is 4.79 Å². The Kier molecular flexibility index (Phi) is 3.62. The number of carbonyl (C=O) groups is 1.